The number of aryl methyl sites for hydroxylation is 1. The summed E-state index contributed by atoms with van der Waals surface area (Å²) in [5.74, 6) is -2.17. The lowest BCUT2D eigenvalue weighted by molar-refractivity contribution is -0.684. The Labute approximate surface area is 342 Å². The molecule has 316 valence electrons. The fourth-order valence-electron chi connectivity index (χ4n) is 7.19. The molecule has 0 fully saturated rings. The van der Waals surface area contributed by atoms with Crippen LogP contribution in [0.4, 0.5) is 11.5 Å². The Balaban J connectivity index is 1.57. The van der Waals surface area contributed by atoms with Crippen LogP contribution < -0.4 is 9.47 Å². The summed E-state index contributed by atoms with van der Waals surface area (Å²) >= 11 is 0. The number of allylic oxidation sites excluding steroid dienone is 6. The summed E-state index contributed by atoms with van der Waals surface area (Å²) in [4.78, 5) is 36.1. The number of hydrogen-bond acceptors (Lipinski definition) is 11. The number of hydroxylamine groups is 2. The number of hydrogen-bond donors (Lipinski definition) is 4. The summed E-state index contributed by atoms with van der Waals surface area (Å²) in [6.07, 6.45) is 10.2. The van der Waals surface area contributed by atoms with E-state index in [2.05, 4.69) is 0 Å². The van der Waals surface area contributed by atoms with Crippen molar-refractivity contribution in [1.29, 1.82) is 0 Å². The van der Waals surface area contributed by atoms with Crippen LogP contribution in [0.3, 0.4) is 0 Å². The van der Waals surface area contributed by atoms with Gasteiger partial charge in [-0.2, -0.15) is 25.3 Å². The van der Waals surface area contributed by atoms with Crippen molar-refractivity contribution in [2.45, 2.75) is 55.9 Å². The number of aromatic nitrogens is 1. The highest BCUT2D eigenvalue weighted by molar-refractivity contribution is 7.86. The van der Waals surface area contributed by atoms with Gasteiger partial charge >= 0.3 is 11.8 Å². The number of aromatic carboxylic acids is 1. The molecular formula is C39H45N4O13S3+. The smallest absolute Gasteiger partial charge is 0.335 e. The predicted molar refractivity (Wildman–Crippen MR) is 218 cm³/mol. The number of benzene rings is 2. The molecule has 1 aromatic heterocycles. The minimum absolute atomic E-state index is 0.0106. The largest absolute Gasteiger partial charge is 0.478 e. The first-order chi connectivity index (χ1) is 27.4. The average Bonchev–Trinajstić information content (AvgIpc) is 3.55. The molecule has 0 bridgehead atoms. The monoisotopic (exact) mass is 873 g/mol. The fourth-order valence-corrected chi connectivity index (χ4v) is 8.69. The molecule has 1 unspecified atom stereocenters. The molecule has 0 saturated heterocycles. The highest BCUT2D eigenvalue weighted by Gasteiger charge is 2.46. The first-order valence-corrected chi connectivity index (χ1v) is 22.7. The number of fused-ring (bicyclic) bond motifs is 2. The van der Waals surface area contributed by atoms with Crippen molar-refractivity contribution in [3.63, 3.8) is 0 Å². The number of anilines is 1. The predicted octanol–water partition coefficient (Wildman–Crippen LogP) is 4.29. The van der Waals surface area contributed by atoms with Gasteiger partial charge in [-0.25, -0.2) is 14.4 Å². The van der Waals surface area contributed by atoms with Gasteiger partial charge in [0.1, 0.15) is 6.20 Å². The normalized spacial score (nSPS) is 18.4. The van der Waals surface area contributed by atoms with Crippen LogP contribution >= 0.6 is 0 Å². The number of carbonyl (C=O) groups is 2. The van der Waals surface area contributed by atoms with Crippen LogP contribution in [-0.4, -0.2) is 98.9 Å². The van der Waals surface area contributed by atoms with Crippen molar-refractivity contribution in [2.24, 2.45) is 4.99 Å². The molecule has 17 nitrogen and oxygen atoms in total. The van der Waals surface area contributed by atoms with Gasteiger partial charge in [0.15, 0.2) is 5.71 Å². The number of aliphatic imine (C=N–C) groups is 1. The van der Waals surface area contributed by atoms with Crippen LogP contribution in [-0.2, 0) is 52.6 Å². The zero-order valence-corrected chi connectivity index (χ0v) is 35.3. The number of amides is 1. The second kappa shape index (κ2) is 16.9. The zero-order valence-electron chi connectivity index (χ0n) is 32.8. The first kappa shape index (κ1) is 45.0. The van der Waals surface area contributed by atoms with Crippen LogP contribution in [0.1, 0.15) is 71.0 Å². The van der Waals surface area contributed by atoms with E-state index in [1.54, 1.807) is 71.2 Å². The van der Waals surface area contributed by atoms with Gasteiger partial charge in [-0.05, 0) is 91.9 Å². The van der Waals surface area contributed by atoms with E-state index >= 15 is 0 Å². The number of rotatable bonds is 16. The first-order valence-electron chi connectivity index (χ1n) is 18.1. The van der Waals surface area contributed by atoms with Gasteiger partial charge in [0.2, 0.25) is 0 Å². The molecule has 2 aliphatic rings. The van der Waals surface area contributed by atoms with Gasteiger partial charge in [0.05, 0.1) is 57.6 Å². The van der Waals surface area contributed by atoms with E-state index < -0.39 is 64.6 Å². The quantitative estimate of drug-likeness (QED) is 0.0679. The Hall–Kier alpha value is -5.09. The standard InChI is InChI=1S/C39H44N4O13S3/c1-38(2)31-23-27(36(44)41(4)56-5)25-42(19-9-21-57(47,48)49)35(31)40-33(38)11-7-6-8-12-34-39(3,28-15-13-26(14-16-28)37(45)46)30-24-29(59(53,54)55)17-18-32(30)43(34)20-10-22-58(50,51)52/h6-8,11-18,23-25H,9-10,19-22H2,1-5H3,(H3-,45,46,47,48,49,50,51,52,53,54,55)/p+1. The summed E-state index contributed by atoms with van der Waals surface area (Å²) in [5, 5.41) is 10.6. The lowest BCUT2D eigenvalue weighted by Crippen LogP contribution is -2.38. The highest BCUT2D eigenvalue weighted by Crippen LogP contribution is 2.52. The second-order valence-corrected chi connectivity index (χ2v) is 19.2. The van der Waals surface area contributed by atoms with E-state index in [1.807, 2.05) is 13.8 Å². The Morgan fingerprint density at radius 2 is 1.51 bits per heavy atom. The fraction of sp³-hybridized carbons (Fsp3) is 0.333. The Morgan fingerprint density at radius 1 is 0.864 bits per heavy atom. The average molecular weight is 874 g/mol. The molecule has 4 N–H and O–H groups in total. The molecule has 0 saturated carbocycles. The third kappa shape index (κ3) is 9.86. The van der Waals surface area contributed by atoms with E-state index in [0.29, 0.717) is 39.6 Å². The lowest BCUT2D eigenvalue weighted by Gasteiger charge is -2.31. The second-order valence-electron chi connectivity index (χ2n) is 14.7. The van der Waals surface area contributed by atoms with Crippen molar-refractivity contribution >= 4 is 59.4 Å². The van der Waals surface area contributed by atoms with Crippen molar-refractivity contribution in [3.05, 3.63) is 119 Å². The Bertz CT molecular complexity index is 2640. The van der Waals surface area contributed by atoms with Gasteiger partial charge in [-0.3, -0.25) is 23.3 Å². The van der Waals surface area contributed by atoms with E-state index in [4.69, 9.17) is 9.83 Å². The van der Waals surface area contributed by atoms with E-state index in [9.17, 15) is 53.6 Å². The highest BCUT2D eigenvalue weighted by atomic mass is 32.2. The summed E-state index contributed by atoms with van der Waals surface area (Å²) in [7, 11) is -10.4. The number of carbonyl (C=O) groups excluding carboxylic acids is 1. The molecule has 59 heavy (non-hydrogen) atoms. The molecule has 20 heteroatoms. The number of nitrogens with zero attached hydrogens (tertiary/aromatic N) is 4. The maximum absolute atomic E-state index is 13.1. The number of carboxylic acids is 1. The lowest BCUT2D eigenvalue weighted by atomic mass is 9.75. The van der Waals surface area contributed by atoms with E-state index in [0.717, 1.165) is 5.06 Å². The zero-order chi connectivity index (χ0) is 43.7. The maximum Gasteiger partial charge on any atom is 0.335 e. The molecular weight excluding hydrogens is 829 g/mol. The van der Waals surface area contributed by atoms with Gasteiger partial charge < -0.3 is 10.0 Å². The summed E-state index contributed by atoms with van der Waals surface area (Å²) in [6, 6.07) is 11.7. The van der Waals surface area contributed by atoms with Crippen molar-refractivity contribution in [3.8, 4) is 0 Å². The van der Waals surface area contributed by atoms with Crippen LogP contribution in [0.5, 0.6) is 0 Å². The summed E-state index contributed by atoms with van der Waals surface area (Å²) in [6.45, 7) is 5.79. The molecule has 0 radical (unpaired) electrons. The van der Waals surface area contributed by atoms with Crippen LogP contribution in [0.2, 0.25) is 0 Å². The molecule has 1 atom stereocenters. The van der Waals surface area contributed by atoms with Gasteiger partial charge in [0, 0.05) is 31.4 Å². The van der Waals surface area contributed by atoms with E-state index in [-0.39, 0.29) is 42.0 Å². The van der Waals surface area contributed by atoms with Crippen LogP contribution in [0.25, 0.3) is 0 Å². The molecule has 3 heterocycles. The molecule has 3 aromatic rings. The number of carboxylic acid groups (broad SMARTS) is 1. The van der Waals surface area contributed by atoms with Gasteiger partial charge in [-0.1, -0.05) is 30.4 Å². The minimum atomic E-state index is -4.66. The molecule has 1 amide bonds. The third-order valence-corrected chi connectivity index (χ3v) is 12.8. The van der Waals surface area contributed by atoms with Crippen molar-refractivity contribution < 1.29 is 63.0 Å². The Kier molecular flexibility index (Phi) is 12.9. The minimum Gasteiger partial charge on any atom is -0.478 e. The van der Waals surface area contributed by atoms with E-state index in [1.165, 1.54) is 44.5 Å². The molecule has 5 rings (SSSR count). The van der Waals surface area contributed by atoms with Crippen LogP contribution in [0, 0.1) is 0 Å². The van der Waals surface area contributed by atoms with Crippen molar-refractivity contribution in [1.82, 2.24) is 5.06 Å². The summed E-state index contributed by atoms with van der Waals surface area (Å²) in [5.41, 5.74) is 1.66. The van der Waals surface area contributed by atoms with Gasteiger partial charge in [0.25, 0.3) is 36.3 Å². The number of pyridine rings is 1. The van der Waals surface area contributed by atoms with Gasteiger partial charge in [-0.15, -0.1) is 0 Å². The van der Waals surface area contributed by atoms with Crippen molar-refractivity contribution in [2.75, 3.05) is 37.1 Å². The SMILES string of the molecule is CON(C)C(=O)c1cc2c([n+](CCCS(=O)(=O)O)c1)N=C(/C=C/C=C/C=C1/N(CCCS(=O)(=O)O)c3ccc(S(=O)(=O)O)cc3C1(C)c1ccc(C(=O)O)cc1)C2(C)C. The Morgan fingerprint density at radius 3 is 2.10 bits per heavy atom. The topological polar surface area (TPSA) is 249 Å². The molecule has 0 aliphatic carbocycles. The molecule has 2 aromatic carbocycles. The van der Waals surface area contributed by atoms with Crippen LogP contribution in [0.15, 0.2) is 101 Å². The molecule has 2 aliphatic heterocycles. The maximum atomic E-state index is 13.1. The third-order valence-electron chi connectivity index (χ3n) is 10.4. The summed E-state index contributed by atoms with van der Waals surface area (Å²) < 4.78 is 101. The molecule has 0 spiro atoms.